The minimum atomic E-state index is -4.60. The van der Waals surface area contributed by atoms with Crippen LogP contribution >= 0.6 is 21.2 Å². The molecule has 0 saturated carbocycles. The highest BCUT2D eigenvalue weighted by atomic mass is 127. The number of halogens is 1. The van der Waals surface area contributed by atoms with Crippen molar-refractivity contribution < 1.29 is 31.0 Å². The Morgan fingerprint density at radius 2 is 1.88 bits per heavy atom. The van der Waals surface area contributed by atoms with Gasteiger partial charge in [-0.3, -0.25) is 7.62 Å². The fourth-order valence-corrected chi connectivity index (χ4v) is 2.65. The van der Waals surface area contributed by atoms with Crippen LogP contribution in [0.4, 0.5) is 0 Å². The first-order chi connectivity index (χ1) is 7.27. The summed E-state index contributed by atoms with van der Waals surface area (Å²) >= 11 is -1.96. The van der Waals surface area contributed by atoms with Crippen LogP contribution in [0.15, 0.2) is 17.0 Å². The van der Waals surface area contributed by atoms with E-state index in [4.69, 9.17) is 9.66 Å². The van der Waals surface area contributed by atoms with Gasteiger partial charge in [-0.25, -0.2) is 4.79 Å². The maximum absolute atomic E-state index is 10.8. The van der Waals surface area contributed by atoms with Crippen molar-refractivity contribution in [2.75, 3.05) is 0 Å². The minimum absolute atomic E-state index is 0.300. The molecule has 0 fully saturated rings. The van der Waals surface area contributed by atoms with Crippen molar-refractivity contribution in [3.63, 3.8) is 0 Å². The van der Waals surface area contributed by atoms with Crippen LogP contribution in [0.1, 0.15) is 10.4 Å². The lowest BCUT2D eigenvalue weighted by molar-refractivity contribution is 0.0693. The van der Waals surface area contributed by atoms with Gasteiger partial charge in [-0.15, -0.1) is 0 Å². The summed E-state index contributed by atoms with van der Waals surface area (Å²) in [5.41, 5.74) is -0.722. The summed E-state index contributed by atoms with van der Waals surface area (Å²) in [6.07, 6.45) is 0. The summed E-state index contributed by atoms with van der Waals surface area (Å²) in [5.74, 6) is -2.33. The normalized spacial score (nSPS) is 11.3. The molecular weight excluding hydrogens is 355 g/mol. The third kappa shape index (κ3) is 2.54. The Kier molecular flexibility index (Phi) is 3.60. The van der Waals surface area contributed by atoms with Gasteiger partial charge in [-0.2, -0.15) is 8.42 Å². The molecule has 1 rings (SSSR count). The van der Waals surface area contributed by atoms with Crippen molar-refractivity contribution in [1.82, 2.24) is 0 Å². The van der Waals surface area contributed by atoms with E-state index in [2.05, 4.69) is 0 Å². The maximum atomic E-state index is 10.8. The average Bonchev–Trinajstić information content (AvgIpc) is 2.15. The number of phenols is 1. The SMILES string of the molecule is O=Ic1cc(S(=O)(=O)O)cc(C(=O)O)c1O. The molecule has 0 amide bonds. The van der Waals surface area contributed by atoms with Crippen LogP contribution in [0, 0.1) is 3.57 Å². The molecule has 3 N–H and O–H groups in total. The van der Waals surface area contributed by atoms with Gasteiger partial charge in [-0.05, 0) is 12.1 Å². The Morgan fingerprint density at radius 3 is 2.25 bits per heavy atom. The third-order valence-electron chi connectivity index (χ3n) is 1.65. The van der Waals surface area contributed by atoms with Gasteiger partial charge < -0.3 is 10.2 Å². The zero-order chi connectivity index (χ0) is 12.5. The van der Waals surface area contributed by atoms with E-state index in [1.165, 1.54) is 0 Å². The molecule has 88 valence electrons. The number of hydrogen-bond donors (Lipinski definition) is 3. The summed E-state index contributed by atoms with van der Waals surface area (Å²) in [6.45, 7) is 0. The van der Waals surface area contributed by atoms with E-state index in [-0.39, 0.29) is 3.57 Å². The number of carbonyl (C=O) groups is 1. The number of aromatic carboxylic acids is 1. The summed E-state index contributed by atoms with van der Waals surface area (Å²) in [6, 6.07) is 1.37. The standard InChI is InChI=1S/C7H5IO7S/c9-6-4(7(10)11)1-3(16(13,14)15)2-5(6)8-12/h1-2,9H,(H,10,11)(H,13,14,15). The largest absolute Gasteiger partial charge is 0.506 e. The van der Waals surface area contributed by atoms with Crippen molar-refractivity contribution in [3.05, 3.63) is 21.3 Å². The van der Waals surface area contributed by atoms with Gasteiger partial charge in [0.25, 0.3) is 10.1 Å². The van der Waals surface area contributed by atoms with E-state index in [9.17, 15) is 21.4 Å². The smallest absolute Gasteiger partial charge is 0.339 e. The predicted octanol–water partition coefficient (Wildman–Crippen LogP) is 0.823. The maximum Gasteiger partial charge on any atom is 0.339 e. The highest BCUT2D eigenvalue weighted by Gasteiger charge is 2.20. The van der Waals surface area contributed by atoms with Gasteiger partial charge in [0.2, 0.25) is 0 Å². The van der Waals surface area contributed by atoms with Crippen LogP contribution in [0.2, 0.25) is 0 Å². The summed E-state index contributed by atoms with van der Waals surface area (Å²) in [4.78, 5) is 9.93. The quantitative estimate of drug-likeness (QED) is 0.538. The second kappa shape index (κ2) is 4.43. The molecule has 0 radical (unpaired) electrons. The average molecular weight is 360 g/mol. The van der Waals surface area contributed by atoms with Crippen molar-refractivity contribution >= 4 is 37.3 Å². The second-order valence-corrected chi connectivity index (χ2v) is 5.68. The predicted molar refractivity (Wildman–Crippen MR) is 58.3 cm³/mol. The molecule has 0 aliphatic carbocycles. The zero-order valence-corrected chi connectivity index (χ0v) is 10.4. The van der Waals surface area contributed by atoms with Crippen LogP contribution in [0.25, 0.3) is 0 Å². The third-order valence-corrected chi connectivity index (χ3v) is 3.78. The first-order valence-electron chi connectivity index (χ1n) is 3.62. The van der Waals surface area contributed by atoms with Crippen LogP contribution < -0.4 is 0 Å². The van der Waals surface area contributed by atoms with E-state index in [1.54, 1.807) is 0 Å². The molecule has 9 heteroatoms. The lowest BCUT2D eigenvalue weighted by atomic mass is 10.2. The van der Waals surface area contributed by atoms with Crippen LogP contribution in [-0.4, -0.2) is 29.2 Å². The van der Waals surface area contributed by atoms with Crippen molar-refractivity contribution in [2.45, 2.75) is 4.90 Å². The topological polar surface area (TPSA) is 129 Å². The highest BCUT2D eigenvalue weighted by molar-refractivity contribution is 14.1. The van der Waals surface area contributed by atoms with Crippen LogP contribution in [0.5, 0.6) is 5.75 Å². The number of aromatic hydroxyl groups is 1. The molecular formula is C7H5IO7S. The Labute approximate surface area is 100 Å². The molecule has 0 aromatic heterocycles. The molecule has 0 unspecified atom stereocenters. The van der Waals surface area contributed by atoms with Crippen molar-refractivity contribution in [2.24, 2.45) is 0 Å². The molecule has 0 saturated heterocycles. The molecule has 0 bridgehead atoms. The molecule has 1 aromatic carbocycles. The molecule has 0 atom stereocenters. The lowest BCUT2D eigenvalue weighted by Crippen LogP contribution is -2.04. The number of rotatable bonds is 3. The second-order valence-electron chi connectivity index (χ2n) is 2.66. The van der Waals surface area contributed by atoms with Crippen molar-refractivity contribution in [1.29, 1.82) is 0 Å². The molecule has 0 heterocycles. The van der Waals surface area contributed by atoms with Gasteiger partial charge in [0.15, 0.2) is 21.2 Å². The molecule has 0 spiro atoms. The van der Waals surface area contributed by atoms with Gasteiger partial charge >= 0.3 is 5.97 Å². The molecule has 0 aliphatic heterocycles. The minimum Gasteiger partial charge on any atom is -0.506 e. The monoisotopic (exact) mass is 360 g/mol. The molecule has 0 aliphatic rings. The Hall–Kier alpha value is -1.07. The van der Waals surface area contributed by atoms with E-state index in [0.29, 0.717) is 6.07 Å². The number of carboxylic acid groups (broad SMARTS) is 1. The fraction of sp³-hybridized carbons (Fsp3) is 0. The molecule has 16 heavy (non-hydrogen) atoms. The lowest BCUT2D eigenvalue weighted by Gasteiger charge is -2.04. The zero-order valence-electron chi connectivity index (χ0n) is 7.42. The van der Waals surface area contributed by atoms with E-state index in [0.717, 1.165) is 6.07 Å². The molecule has 7 nitrogen and oxygen atoms in total. The van der Waals surface area contributed by atoms with Gasteiger partial charge in [0, 0.05) is 0 Å². The Morgan fingerprint density at radius 1 is 1.31 bits per heavy atom. The highest BCUT2D eigenvalue weighted by Crippen LogP contribution is 2.30. The summed E-state index contributed by atoms with van der Waals surface area (Å²) in [5, 5.41) is 18.0. The fourth-order valence-electron chi connectivity index (χ4n) is 0.945. The number of carboxylic acids is 1. The van der Waals surface area contributed by atoms with E-state index < -0.39 is 53.5 Å². The van der Waals surface area contributed by atoms with E-state index in [1.807, 2.05) is 0 Å². The number of hydrogen-bond acceptors (Lipinski definition) is 5. The summed E-state index contributed by atoms with van der Waals surface area (Å²) < 4.78 is 40.7. The van der Waals surface area contributed by atoms with Gasteiger partial charge in [0.1, 0.15) is 11.3 Å². The first-order valence-corrected chi connectivity index (χ1v) is 7.02. The first kappa shape index (κ1) is 13.0. The van der Waals surface area contributed by atoms with E-state index >= 15 is 0 Å². The van der Waals surface area contributed by atoms with Crippen LogP contribution in [0.3, 0.4) is 0 Å². The van der Waals surface area contributed by atoms with Crippen LogP contribution in [-0.2, 0) is 13.2 Å². The summed E-state index contributed by atoms with van der Waals surface area (Å²) in [7, 11) is -4.60. The number of benzene rings is 1. The van der Waals surface area contributed by atoms with Gasteiger partial charge in [-0.1, -0.05) is 0 Å². The van der Waals surface area contributed by atoms with Crippen molar-refractivity contribution in [3.8, 4) is 5.75 Å². The van der Waals surface area contributed by atoms with Gasteiger partial charge in [0.05, 0.1) is 8.47 Å². The Bertz CT molecular complexity index is 562. The molecule has 1 aromatic rings. The Balaban J connectivity index is 3.66.